The van der Waals surface area contributed by atoms with E-state index < -0.39 is 23.6 Å². The monoisotopic (exact) mass is 476 g/mol. The molecule has 9 heteroatoms. The predicted octanol–water partition coefficient (Wildman–Crippen LogP) is 4.25. The van der Waals surface area contributed by atoms with E-state index in [4.69, 9.17) is 14.2 Å². The molecule has 1 aliphatic rings. The van der Waals surface area contributed by atoms with Crippen molar-refractivity contribution in [3.05, 3.63) is 53.1 Å². The number of hydrogen-bond acceptors (Lipinski definition) is 6. The number of hydrogen-bond donors (Lipinski definition) is 1. The molecular weight excluding hydrogens is 446 g/mol. The molecule has 2 aromatic rings. The number of carbonyl (C=O) groups excluding carboxylic acids is 2. The number of carbonyl (C=O) groups is 2. The maximum Gasteiger partial charge on any atom is 0.307 e. The van der Waals surface area contributed by atoms with E-state index in [0.717, 1.165) is 17.2 Å². The van der Waals surface area contributed by atoms with Crippen molar-refractivity contribution in [2.45, 2.75) is 39.7 Å². The zero-order valence-corrected chi connectivity index (χ0v) is 19.7. The fourth-order valence-corrected chi connectivity index (χ4v) is 4.07. The van der Waals surface area contributed by atoms with Gasteiger partial charge < -0.3 is 19.5 Å². The number of esters is 1. The lowest BCUT2D eigenvalue weighted by atomic mass is 9.90. The second-order valence-corrected chi connectivity index (χ2v) is 7.78. The third kappa shape index (κ3) is 6.22. The molecule has 0 radical (unpaired) electrons. The smallest absolute Gasteiger partial charge is 0.307 e. The van der Waals surface area contributed by atoms with Crippen molar-refractivity contribution in [1.82, 2.24) is 4.90 Å². The Bertz CT molecular complexity index is 1030. The molecule has 1 aliphatic heterocycles. The zero-order valence-electron chi connectivity index (χ0n) is 19.7. The van der Waals surface area contributed by atoms with Crippen LogP contribution in [0.4, 0.5) is 14.5 Å². The molecule has 184 valence electrons. The van der Waals surface area contributed by atoms with Crippen LogP contribution in [-0.2, 0) is 20.7 Å². The predicted molar refractivity (Wildman–Crippen MR) is 123 cm³/mol. The summed E-state index contributed by atoms with van der Waals surface area (Å²) >= 11 is 0. The summed E-state index contributed by atoms with van der Waals surface area (Å²) in [5.41, 5.74) is 1.75. The summed E-state index contributed by atoms with van der Waals surface area (Å²) in [4.78, 5) is 27.0. The maximum absolute atomic E-state index is 14.0. The SMILES string of the molecule is CCOC(=O)C[C@@H]1c2cc(OCC)c(OCC)cc2CCN1CC(=O)Nc1ccc(F)cc1F. The molecule has 1 atom stereocenters. The average Bonchev–Trinajstić information content (AvgIpc) is 2.78. The Morgan fingerprint density at radius 1 is 1.03 bits per heavy atom. The Hall–Kier alpha value is -3.20. The highest BCUT2D eigenvalue weighted by atomic mass is 19.1. The molecule has 7 nitrogen and oxygen atoms in total. The molecule has 0 saturated heterocycles. The van der Waals surface area contributed by atoms with Gasteiger partial charge in [-0.1, -0.05) is 0 Å². The van der Waals surface area contributed by atoms with Crippen LogP contribution in [0.15, 0.2) is 30.3 Å². The van der Waals surface area contributed by atoms with Gasteiger partial charge in [-0.25, -0.2) is 8.78 Å². The van der Waals surface area contributed by atoms with Gasteiger partial charge in [-0.2, -0.15) is 0 Å². The normalized spacial score (nSPS) is 15.4. The second kappa shape index (κ2) is 11.8. The lowest BCUT2D eigenvalue weighted by molar-refractivity contribution is -0.145. The third-order valence-corrected chi connectivity index (χ3v) is 5.49. The second-order valence-electron chi connectivity index (χ2n) is 7.78. The van der Waals surface area contributed by atoms with Gasteiger partial charge in [0.2, 0.25) is 5.91 Å². The van der Waals surface area contributed by atoms with E-state index in [1.165, 1.54) is 6.07 Å². The topological polar surface area (TPSA) is 77.1 Å². The number of nitrogens with one attached hydrogen (secondary N) is 1. The molecule has 0 bridgehead atoms. The molecule has 3 rings (SSSR count). The first-order chi connectivity index (χ1) is 16.4. The Balaban J connectivity index is 1.87. The lowest BCUT2D eigenvalue weighted by Gasteiger charge is -2.37. The van der Waals surface area contributed by atoms with Crippen LogP contribution in [0.5, 0.6) is 11.5 Å². The maximum atomic E-state index is 14.0. The van der Waals surface area contributed by atoms with Gasteiger partial charge >= 0.3 is 5.97 Å². The summed E-state index contributed by atoms with van der Waals surface area (Å²) in [6, 6.07) is 6.30. The van der Waals surface area contributed by atoms with Crippen molar-refractivity contribution < 1.29 is 32.6 Å². The molecule has 0 spiro atoms. The third-order valence-electron chi connectivity index (χ3n) is 5.49. The Morgan fingerprint density at radius 2 is 1.74 bits per heavy atom. The first-order valence-electron chi connectivity index (χ1n) is 11.4. The molecule has 0 aliphatic carbocycles. The number of anilines is 1. The van der Waals surface area contributed by atoms with Gasteiger partial charge in [0.25, 0.3) is 0 Å². The highest BCUT2D eigenvalue weighted by Crippen LogP contribution is 2.40. The summed E-state index contributed by atoms with van der Waals surface area (Å²) in [5.74, 6) is -1.24. The molecule has 1 amide bonds. The minimum absolute atomic E-state index is 0.0403. The molecule has 2 aromatic carbocycles. The van der Waals surface area contributed by atoms with Crippen LogP contribution >= 0.6 is 0 Å². The number of ether oxygens (including phenoxy) is 3. The molecule has 0 unspecified atom stereocenters. The van der Waals surface area contributed by atoms with Gasteiger partial charge in [0.1, 0.15) is 11.6 Å². The molecule has 1 heterocycles. The first kappa shape index (κ1) is 25.4. The van der Waals surface area contributed by atoms with Crippen LogP contribution in [-0.4, -0.2) is 49.7 Å². The Morgan fingerprint density at radius 3 is 2.38 bits per heavy atom. The molecular formula is C25H30F2N2O5. The van der Waals surface area contributed by atoms with E-state index in [1.807, 2.05) is 30.9 Å². The number of rotatable bonds is 10. The molecule has 34 heavy (non-hydrogen) atoms. The van der Waals surface area contributed by atoms with Gasteiger partial charge in [0, 0.05) is 18.7 Å². The molecule has 0 fully saturated rings. The minimum Gasteiger partial charge on any atom is -0.490 e. The number of fused-ring (bicyclic) bond motifs is 1. The van der Waals surface area contributed by atoms with Crippen LogP contribution in [0.3, 0.4) is 0 Å². The van der Waals surface area contributed by atoms with Crippen LogP contribution in [0.2, 0.25) is 0 Å². The summed E-state index contributed by atoms with van der Waals surface area (Å²) in [7, 11) is 0. The Kier molecular flexibility index (Phi) is 8.81. The van der Waals surface area contributed by atoms with Crippen molar-refractivity contribution in [1.29, 1.82) is 0 Å². The highest BCUT2D eigenvalue weighted by Gasteiger charge is 2.32. The van der Waals surface area contributed by atoms with Crippen molar-refractivity contribution in [2.24, 2.45) is 0 Å². The van der Waals surface area contributed by atoms with Crippen molar-refractivity contribution in [3.63, 3.8) is 0 Å². The van der Waals surface area contributed by atoms with Crippen molar-refractivity contribution >= 4 is 17.6 Å². The van der Waals surface area contributed by atoms with Crippen LogP contribution in [0.25, 0.3) is 0 Å². The van der Waals surface area contributed by atoms with Crippen molar-refractivity contribution in [2.75, 3.05) is 38.2 Å². The minimum atomic E-state index is -0.856. The van der Waals surface area contributed by atoms with Gasteiger partial charge in [-0.15, -0.1) is 0 Å². The first-order valence-corrected chi connectivity index (χ1v) is 11.4. The largest absolute Gasteiger partial charge is 0.490 e. The van der Waals surface area contributed by atoms with Gasteiger partial charge in [-0.05, 0) is 62.6 Å². The number of benzene rings is 2. The van der Waals surface area contributed by atoms with E-state index in [0.29, 0.717) is 43.7 Å². The summed E-state index contributed by atoms with van der Waals surface area (Å²) in [6.45, 7) is 7.08. The number of amides is 1. The number of nitrogens with zero attached hydrogens (tertiary/aromatic N) is 1. The van der Waals surface area contributed by atoms with Crippen LogP contribution in [0, 0.1) is 11.6 Å². The Labute approximate surface area is 198 Å². The molecule has 1 N–H and O–H groups in total. The van der Waals surface area contributed by atoms with E-state index in [2.05, 4.69) is 5.32 Å². The lowest BCUT2D eigenvalue weighted by Crippen LogP contribution is -2.41. The van der Waals surface area contributed by atoms with Gasteiger partial charge in [-0.3, -0.25) is 14.5 Å². The average molecular weight is 477 g/mol. The summed E-state index contributed by atoms with van der Waals surface area (Å²) < 4.78 is 43.8. The van der Waals surface area contributed by atoms with E-state index in [1.54, 1.807) is 6.92 Å². The van der Waals surface area contributed by atoms with Crippen LogP contribution in [0.1, 0.15) is 44.4 Å². The zero-order chi connectivity index (χ0) is 24.7. The van der Waals surface area contributed by atoms with E-state index in [9.17, 15) is 18.4 Å². The van der Waals surface area contributed by atoms with Crippen LogP contribution < -0.4 is 14.8 Å². The quantitative estimate of drug-likeness (QED) is 0.517. The van der Waals surface area contributed by atoms with Crippen molar-refractivity contribution in [3.8, 4) is 11.5 Å². The fraction of sp³-hybridized carbons (Fsp3) is 0.440. The summed E-state index contributed by atoms with van der Waals surface area (Å²) in [6.07, 6.45) is 0.665. The number of halogens is 2. The van der Waals surface area contributed by atoms with E-state index in [-0.39, 0.29) is 31.2 Å². The fourth-order valence-electron chi connectivity index (χ4n) is 4.07. The highest BCUT2D eigenvalue weighted by molar-refractivity contribution is 5.92. The molecule has 0 aromatic heterocycles. The van der Waals surface area contributed by atoms with Gasteiger partial charge in [0.05, 0.1) is 38.5 Å². The standard InChI is InChI=1S/C25H30F2N2O5/c1-4-32-22-11-16-9-10-29(15-24(30)28-20-8-7-17(26)12-19(20)27)21(14-25(31)34-6-3)18(16)13-23(22)33-5-2/h7-8,11-13,21H,4-6,9-10,14-15H2,1-3H3,(H,28,30)/t21-/m1/s1. The molecule has 0 saturated carbocycles. The van der Waals surface area contributed by atoms with Gasteiger partial charge in [0.15, 0.2) is 11.5 Å². The van der Waals surface area contributed by atoms with E-state index >= 15 is 0 Å². The summed E-state index contributed by atoms with van der Waals surface area (Å²) in [5, 5.41) is 2.48.